The molecule has 4 aliphatic carbocycles. The second kappa shape index (κ2) is 8.97. The van der Waals surface area contributed by atoms with Gasteiger partial charge in [-0.05, 0) is 87.0 Å². The van der Waals surface area contributed by atoms with Crippen LogP contribution >= 0.6 is 0 Å². The normalized spacial score (nSPS) is 27.7. The van der Waals surface area contributed by atoms with Crippen LogP contribution in [-0.2, 0) is 9.59 Å². The average Bonchev–Trinajstić information content (AvgIpc) is 2.78. The Bertz CT molecular complexity index is 937. The number of amides is 2. The average molecular weight is 433 g/mol. The Labute approximate surface area is 189 Å². The molecule has 0 radical (unpaired) electrons. The Morgan fingerprint density at radius 1 is 0.875 bits per heavy atom. The topological polar surface area (TPSA) is 67.4 Å². The number of hydrogen-bond donors (Lipinski definition) is 2. The molecule has 2 N–H and O–H groups in total. The summed E-state index contributed by atoms with van der Waals surface area (Å²) < 4.78 is 5.91. The van der Waals surface area contributed by atoms with Crippen LogP contribution in [0.25, 0.3) is 0 Å². The standard InChI is InChI=1S/C27H32N2O3/c30-25(29-23-9-4-5-10-24(23)32-22-7-2-1-3-8-22)11-6-12-28-26(31)27-16-19-13-20(17-27)15-21(14-19)18-27/h1-5,7-10,19-21H,6,11-18H2,(H,28,31)(H,29,30). The Balaban J connectivity index is 1.09. The molecule has 0 heterocycles. The summed E-state index contributed by atoms with van der Waals surface area (Å²) in [6.45, 7) is 0.552. The third-order valence-electron chi connectivity index (χ3n) is 7.52. The van der Waals surface area contributed by atoms with Crippen molar-refractivity contribution in [1.82, 2.24) is 5.32 Å². The number of benzene rings is 2. The Hall–Kier alpha value is -2.82. The maximum Gasteiger partial charge on any atom is 0.226 e. The van der Waals surface area contributed by atoms with Gasteiger partial charge in [0.1, 0.15) is 5.75 Å². The highest BCUT2D eigenvalue weighted by molar-refractivity contribution is 5.92. The number of para-hydroxylation sites is 3. The Kier molecular flexibility index (Phi) is 5.90. The van der Waals surface area contributed by atoms with Crippen LogP contribution in [0.1, 0.15) is 51.4 Å². The third kappa shape index (κ3) is 4.52. The summed E-state index contributed by atoms with van der Waals surface area (Å²) in [5.74, 6) is 3.78. The van der Waals surface area contributed by atoms with Gasteiger partial charge in [0.2, 0.25) is 11.8 Å². The van der Waals surface area contributed by atoms with E-state index < -0.39 is 0 Å². The van der Waals surface area contributed by atoms with E-state index in [4.69, 9.17) is 4.74 Å². The molecule has 5 heteroatoms. The van der Waals surface area contributed by atoms with Gasteiger partial charge in [0.05, 0.1) is 5.69 Å². The first kappa shape index (κ1) is 21.0. The van der Waals surface area contributed by atoms with E-state index in [0.717, 1.165) is 42.8 Å². The van der Waals surface area contributed by atoms with Gasteiger partial charge in [0.25, 0.3) is 0 Å². The summed E-state index contributed by atoms with van der Waals surface area (Å²) >= 11 is 0. The van der Waals surface area contributed by atoms with Crippen LogP contribution in [0, 0.1) is 23.2 Å². The van der Waals surface area contributed by atoms with Crippen molar-refractivity contribution in [3.63, 3.8) is 0 Å². The summed E-state index contributed by atoms with van der Waals surface area (Å²) in [7, 11) is 0. The predicted octanol–water partition coefficient (Wildman–Crippen LogP) is 5.53. The second-order valence-corrected chi connectivity index (χ2v) is 10.0. The van der Waals surface area contributed by atoms with Gasteiger partial charge in [0.15, 0.2) is 5.75 Å². The molecule has 5 nitrogen and oxygen atoms in total. The molecule has 2 amide bonds. The molecule has 6 rings (SSSR count). The quantitative estimate of drug-likeness (QED) is 0.539. The summed E-state index contributed by atoms with van der Waals surface area (Å²) in [6, 6.07) is 17.0. The van der Waals surface area contributed by atoms with Crippen molar-refractivity contribution >= 4 is 17.5 Å². The first-order valence-corrected chi connectivity index (χ1v) is 12.0. The van der Waals surface area contributed by atoms with Gasteiger partial charge < -0.3 is 15.4 Å². The fourth-order valence-corrected chi connectivity index (χ4v) is 6.51. The highest BCUT2D eigenvalue weighted by Gasteiger charge is 2.54. The number of ether oxygens (including phenoxy) is 1. The number of nitrogens with one attached hydrogen (secondary N) is 2. The molecule has 2 aromatic carbocycles. The molecule has 0 unspecified atom stereocenters. The number of hydrogen-bond acceptors (Lipinski definition) is 3. The van der Waals surface area contributed by atoms with Crippen molar-refractivity contribution < 1.29 is 14.3 Å². The molecule has 32 heavy (non-hydrogen) atoms. The summed E-state index contributed by atoms with van der Waals surface area (Å²) in [5, 5.41) is 6.11. The van der Waals surface area contributed by atoms with Gasteiger partial charge >= 0.3 is 0 Å². The zero-order chi connectivity index (χ0) is 22.0. The van der Waals surface area contributed by atoms with Gasteiger partial charge in [-0.1, -0.05) is 30.3 Å². The summed E-state index contributed by atoms with van der Waals surface area (Å²) in [6.07, 6.45) is 8.22. The van der Waals surface area contributed by atoms with E-state index in [1.165, 1.54) is 19.3 Å². The maximum absolute atomic E-state index is 13.0. The molecule has 0 aliphatic heterocycles. The molecular weight excluding hydrogens is 400 g/mol. The lowest BCUT2D eigenvalue weighted by atomic mass is 9.49. The minimum absolute atomic E-state index is 0.0711. The van der Waals surface area contributed by atoms with Crippen molar-refractivity contribution in [3.8, 4) is 11.5 Å². The molecule has 0 saturated heterocycles. The van der Waals surface area contributed by atoms with E-state index in [9.17, 15) is 9.59 Å². The third-order valence-corrected chi connectivity index (χ3v) is 7.52. The van der Waals surface area contributed by atoms with E-state index >= 15 is 0 Å². The van der Waals surface area contributed by atoms with Gasteiger partial charge in [-0.15, -0.1) is 0 Å². The number of carbonyl (C=O) groups excluding carboxylic acids is 2. The van der Waals surface area contributed by atoms with E-state index in [2.05, 4.69) is 10.6 Å². The molecule has 4 aliphatic rings. The second-order valence-electron chi connectivity index (χ2n) is 10.0. The smallest absolute Gasteiger partial charge is 0.226 e. The van der Waals surface area contributed by atoms with Crippen LogP contribution in [-0.4, -0.2) is 18.4 Å². The SMILES string of the molecule is O=C(CCCNC(=O)C12CC3CC(CC(C3)C1)C2)Nc1ccccc1Oc1ccccc1. The van der Waals surface area contributed by atoms with E-state index in [0.29, 0.717) is 30.8 Å². The van der Waals surface area contributed by atoms with Gasteiger partial charge in [-0.2, -0.15) is 0 Å². The van der Waals surface area contributed by atoms with E-state index in [-0.39, 0.29) is 17.2 Å². The summed E-state index contributed by atoms with van der Waals surface area (Å²) in [5.41, 5.74) is 0.531. The lowest BCUT2D eigenvalue weighted by Crippen LogP contribution is -2.53. The predicted molar refractivity (Wildman–Crippen MR) is 124 cm³/mol. The summed E-state index contributed by atoms with van der Waals surface area (Å²) in [4.78, 5) is 25.5. The van der Waals surface area contributed by atoms with Crippen molar-refractivity contribution in [3.05, 3.63) is 54.6 Å². The molecule has 4 saturated carbocycles. The van der Waals surface area contributed by atoms with Crippen LogP contribution in [0.3, 0.4) is 0 Å². The minimum Gasteiger partial charge on any atom is -0.455 e. The van der Waals surface area contributed by atoms with E-state index in [1.807, 2.05) is 54.6 Å². The fraction of sp³-hybridized carbons (Fsp3) is 0.481. The molecule has 168 valence electrons. The molecule has 4 bridgehead atoms. The lowest BCUT2D eigenvalue weighted by Gasteiger charge is -2.55. The number of anilines is 1. The molecule has 0 aromatic heterocycles. The van der Waals surface area contributed by atoms with Gasteiger partial charge in [-0.25, -0.2) is 0 Å². The largest absolute Gasteiger partial charge is 0.455 e. The van der Waals surface area contributed by atoms with Crippen molar-refractivity contribution in [2.24, 2.45) is 23.2 Å². The van der Waals surface area contributed by atoms with Crippen LogP contribution in [0.4, 0.5) is 5.69 Å². The zero-order valence-electron chi connectivity index (χ0n) is 18.5. The Morgan fingerprint density at radius 2 is 1.50 bits per heavy atom. The molecule has 4 fully saturated rings. The first-order valence-electron chi connectivity index (χ1n) is 12.0. The molecule has 2 aromatic rings. The highest BCUT2D eigenvalue weighted by atomic mass is 16.5. The van der Waals surface area contributed by atoms with E-state index in [1.54, 1.807) is 0 Å². The maximum atomic E-state index is 13.0. The molecular formula is C27H32N2O3. The van der Waals surface area contributed by atoms with Crippen LogP contribution in [0.15, 0.2) is 54.6 Å². The van der Waals surface area contributed by atoms with Crippen LogP contribution < -0.4 is 15.4 Å². The highest BCUT2D eigenvalue weighted by Crippen LogP contribution is 2.60. The van der Waals surface area contributed by atoms with Crippen molar-refractivity contribution in [1.29, 1.82) is 0 Å². The fourth-order valence-electron chi connectivity index (χ4n) is 6.51. The van der Waals surface area contributed by atoms with Gasteiger partial charge in [-0.3, -0.25) is 9.59 Å². The molecule has 0 spiro atoms. The zero-order valence-corrected chi connectivity index (χ0v) is 18.5. The van der Waals surface area contributed by atoms with Crippen LogP contribution in [0.5, 0.6) is 11.5 Å². The number of carbonyl (C=O) groups is 2. The van der Waals surface area contributed by atoms with Crippen molar-refractivity contribution in [2.75, 3.05) is 11.9 Å². The molecule has 0 atom stereocenters. The van der Waals surface area contributed by atoms with Gasteiger partial charge in [0, 0.05) is 18.4 Å². The minimum atomic E-state index is -0.120. The lowest BCUT2D eigenvalue weighted by molar-refractivity contribution is -0.146. The monoisotopic (exact) mass is 432 g/mol. The number of rotatable bonds is 8. The van der Waals surface area contributed by atoms with Crippen LogP contribution in [0.2, 0.25) is 0 Å². The van der Waals surface area contributed by atoms with Crippen molar-refractivity contribution in [2.45, 2.75) is 51.4 Å². The Morgan fingerprint density at radius 3 is 2.19 bits per heavy atom. The first-order chi connectivity index (χ1) is 15.6.